The van der Waals surface area contributed by atoms with Gasteiger partial charge in [-0.25, -0.2) is 4.98 Å². The molecule has 1 aromatic heterocycles. The van der Waals surface area contributed by atoms with Crippen molar-refractivity contribution >= 4 is 0 Å². The zero-order chi connectivity index (χ0) is 9.90. The van der Waals surface area contributed by atoms with E-state index >= 15 is 0 Å². The molecular formula is C10H18N2O. The number of hydrogen-bond donors (Lipinski definition) is 1. The molecule has 0 aromatic carbocycles. The molecule has 3 nitrogen and oxygen atoms in total. The quantitative estimate of drug-likeness (QED) is 0.778. The molecule has 1 rings (SSSR count). The third kappa shape index (κ3) is 3.59. The van der Waals surface area contributed by atoms with E-state index in [-0.39, 0.29) is 5.54 Å². The molecule has 1 N–H and O–H groups in total. The molecule has 13 heavy (non-hydrogen) atoms. The van der Waals surface area contributed by atoms with Gasteiger partial charge >= 0.3 is 0 Å². The molecule has 0 saturated heterocycles. The minimum absolute atomic E-state index is 0.112. The lowest BCUT2D eigenvalue weighted by Crippen LogP contribution is -2.35. The Morgan fingerprint density at radius 1 is 1.46 bits per heavy atom. The lowest BCUT2D eigenvalue weighted by atomic mass is 10.1. The number of nitrogens with one attached hydrogen (secondary N) is 1. The van der Waals surface area contributed by atoms with Crippen LogP contribution in [0, 0.1) is 0 Å². The van der Waals surface area contributed by atoms with E-state index in [0.717, 1.165) is 18.1 Å². The maximum atomic E-state index is 5.45. The number of oxazole rings is 1. The van der Waals surface area contributed by atoms with E-state index in [9.17, 15) is 0 Å². The Hall–Kier alpha value is -0.830. The van der Waals surface area contributed by atoms with Crippen LogP contribution < -0.4 is 5.32 Å². The molecule has 74 valence electrons. The first-order valence-corrected chi connectivity index (χ1v) is 4.70. The largest absolute Gasteiger partial charge is 0.444 e. The van der Waals surface area contributed by atoms with Crippen LogP contribution in [-0.4, -0.2) is 10.5 Å². The minimum atomic E-state index is 0.112. The Balaban J connectivity index is 2.46. The highest BCUT2D eigenvalue weighted by molar-refractivity contribution is 4.93. The fraction of sp³-hybridized carbons (Fsp3) is 0.700. The Kier molecular flexibility index (Phi) is 3.09. The van der Waals surface area contributed by atoms with Gasteiger partial charge in [0.05, 0.1) is 12.7 Å². The molecule has 0 aliphatic rings. The Bertz CT molecular complexity index is 260. The van der Waals surface area contributed by atoms with Crippen molar-refractivity contribution in [2.45, 2.75) is 46.2 Å². The molecular weight excluding hydrogens is 164 g/mol. The van der Waals surface area contributed by atoms with Gasteiger partial charge in [-0.2, -0.15) is 0 Å². The van der Waals surface area contributed by atoms with Crippen LogP contribution in [0.5, 0.6) is 0 Å². The van der Waals surface area contributed by atoms with E-state index in [4.69, 9.17) is 4.42 Å². The first-order chi connectivity index (χ1) is 6.01. The van der Waals surface area contributed by atoms with Crippen molar-refractivity contribution in [3.63, 3.8) is 0 Å². The fourth-order valence-corrected chi connectivity index (χ4v) is 0.934. The molecule has 0 spiro atoms. The van der Waals surface area contributed by atoms with Crippen LogP contribution >= 0.6 is 0 Å². The molecule has 0 amide bonds. The van der Waals surface area contributed by atoms with E-state index in [0.29, 0.717) is 6.54 Å². The van der Waals surface area contributed by atoms with Crippen LogP contribution in [0.15, 0.2) is 10.6 Å². The van der Waals surface area contributed by atoms with Crippen LogP contribution in [0.2, 0.25) is 0 Å². The maximum Gasteiger partial charge on any atom is 0.208 e. The molecule has 0 aliphatic carbocycles. The molecule has 1 heterocycles. The van der Waals surface area contributed by atoms with Crippen LogP contribution in [0.3, 0.4) is 0 Å². The predicted molar refractivity (Wildman–Crippen MR) is 52.5 cm³/mol. The van der Waals surface area contributed by atoms with Gasteiger partial charge in [-0.3, -0.25) is 0 Å². The lowest BCUT2D eigenvalue weighted by molar-refractivity contribution is 0.372. The molecule has 0 aliphatic heterocycles. The molecule has 0 bridgehead atoms. The second kappa shape index (κ2) is 3.92. The summed E-state index contributed by atoms with van der Waals surface area (Å²) in [6, 6.07) is 0. The Labute approximate surface area is 79.5 Å². The minimum Gasteiger partial charge on any atom is -0.444 e. The van der Waals surface area contributed by atoms with Crippen molar-refractivity contribution < 1.29 is 4.42 Å². The third-order valence-electron chi connectivity index (χ3n) is 1.72. The summed E-state index contributed by atoms with van der Waals surface area (Å²) in [4.78, 5) is 4.16. The van der Waals surface area contributed by atoms with E-state index < -0.39 is 0 Å². The van der Waals surface area contributed by atoms with Gasteiger partial charge in [0.15, 0.2) is 0 Å². The van der Waals surface area contributed by atoms with Crippen molar-refractivity contribution in [2.24, 2.45) is 0 Å². The predicted octanol–water partition coefficient (Wildman–Crippen LogP) is 2.13. The van der Waals surface area contributed by atoms with Gasteiger partial charge < -0.3 is 9.73 Å². The van der Waals surface area contributed by atoms with Crippen molar-refractivity contribution in [1.29, 1.82) is 0 Å². The van der Waals surface area contributed by atoms with Crippen molar-refractivity contribution in [1.82, 2.24) is 10.3 Å². The van der Waals surface area contributed by atoms with Gasteiger partial charge in [0.25, 0.3) is 0 Å². The van der Waals surface area contributed by atoms with Gasteiger partial charge in [0.1, 0.15) is 5.76 Å². The number of aromatic nitrogens is 1. The topological polar surface area (TPSA) is 38.1 Å². The number of nitrogens with zero attached hydrogens (tertiary/aromatic N) is 1. The monoisotopic (exact) mass is 182 g/mol. The zero-order valence-corrected chi connectivity index (χ0v) is 8.85. The normalized spacial score (nSPS) is 12.0. The molecule has 3 heteroatoms. The fourth-order valence-electron chi connectivity index (χ4n) is 0.934. The maximum absolute atomic E-state index is 5.45. The highest BCUT2D eigenvalue weighted by Crippen LogP contribution is 2.06. The summed E-state index contributed by atoms with van der Waals surface area (Å²) in [5.74, 6) is 1.72. The standard InChI is InChI=1S/C10H18N2O/c1-5-8-6-11-9(13-8)7-12-10(2,3)4/h6,12H,5,7H2,1-4H3. The van der Waals surface area contributed by atoms with Crippen molar-refractivity contribution in [3.8, 4) is 0 Å². The lowest BCUT2D eigenvalue weighted by Gasteiger charge is -2.18. The first-order valence-electron chi connectivity index (χ1n) is 4.70. The van der Waals surface area contributed by atoms with Gasteiger partial charge in [-0.05, 0) is 20.8 Å². The molecule has 0 saturated carbocycles. The zero-order valence-electron chi connectivity index (χ0n) is 8.85. The van der Waals surface area contributed by atoms with E-state index in [1.54, 1.807) is 6.20 Å². The van der Waals surface area contributed by atoms with Crippen LogP contribution in [-0.2, 0) is 13.0 Å². The SMILES string of the molecule is CCc1cnc(CNC(C)(C)C)o1. The summed E-state index contributed by atoms with van der Waals surface area (Å²) < 4.78 is 5.45. The van der Waals surface area contributed by atoms with Crippen LogP contribution in [0.25, 0.3) is 0 Å². The second-order valence-electron chi connectivity index (χ2n) is 4.18. The van der Waals surface area contributed by atoms with Crippen LogP contribution in [0.1, 0.15) is 39.3 Å². The van der Waals surface area contributed by atoms with Gasteiger partial charge in [-0.1, -0.05) is 6.92 Å². The summed E-state index contributed by atoms with van der Waals surface area (Å²) in [5, 5.41) is 3.32. The summed E-state index contributed by atoms with van der Waals surface area (Å²) in [6.07, 6.45) is 2.70. The Morgan fingerprint density at radius 2 is 2.15 bits per heavy atom. The summed E-state index contributed by atoms with van der Waals surface area (Å²) in [6.45, 7) is 9.12. The smallest absolute Gasteiger partial charge is 0.208 e. The van der Waals surface area contributed by atoms with Gasteiger partial charge in [0.2, 0.25) is 5.89 Å². The molecule has 1 aromatic rings. The van der Waals surface area contributed by atoms with Crippen LogP contribution in [0.4, 0.5) is 0 Å². The number of aryl methyl sites for hydroxylation is 1. The first kappa shape index (κ1) is 10.3. The van der Waals surface area contributed by atoms with Gasteiger partial charge in [-0.15, -0.1) is 0 Å². The summed E-state index contributed by atoms with van der Waals surface area (Å²) >= 11 is 0. The van der Waals surface area contributed by atoms with E-state index in [1.165, 1.54) is 0 Å². The number of hydrogen-bond acceptors (Lipinski definition) is 3. The average Bonchev–Trinajstić information content (AvgIpc) is 2.47. The van der Waals surface area contributed by atoms with E-state index in [2.05, 4.69) is 38.0 Å². The highest BCUT2D eigenvalue weighted by atomic mass is 16.4. The van der Waals surface area contributed by atoms with Crippen molar-refractivity contribution in [3.05, 3.63) is 17.8 Å². The molecule has 0 fully saturated rings. The molecule has 0 radical (unpaired) electrons. The second-order valence-corrected chi connectivity index (χ2v) is 4.18. The Morgan fingerprint density at radius 3 is 2.62 bits per heavy atom. The van der Waals surface area contributed by atoms with E-state index in [1.807, 2.05) is 0 Å². The average molecular weight is 182 g/mol. The molecule has 0 unspecified atom stereocenters. The third-order valence-corrected chi connectivity index (χ3v) is 1.72. The van der Waals surface area contributed by atoms with Crippen molar-refractivity contribution in [2.75, 3.05) is 0 Å². The highest BCUT2D eigenvalue weighted by Gasteiger charge is 2.10. The number of rotatable bonds is 3. The summed E-state index contributed by atoms with van der Waals surface area (Å²) in [7, 11) is 0. The molecule has 0 atom stereocenters. The van der Waals surface area contributed by atoms with Gasteiger partial charge in [0, 0.05) is 12.0 Å². The summed E-state index contributed by atoms with van der Waals surface area (Å²) in [5.41, 5.74) is 0.112.